The molecule has 0 bridgehead atoms. The third-order valence-electron chi connectivity index (χ3n) is 4.73. The molecule has 3 rings (SSSR count). The second-order valence-electron chi connectivity index (χ2n) is 6.57. The summed E-state index contributed by atoms with van der Waals surface area (Å²) in [5, 5.41) is 9.71. The number of phenolic OH excluding ortho intramolecular Hbond substituents is 1. The standard InChI is InChI=1S/C24H27NO2/c1-2-23(18-6-4-3-5-7-18)24(19-8-12-21(26)13-9-19)20-10-14-22(15-11-20)27-17-16-25/h3-14,22,26H,2,15-17,25H2,1H3/b24-23-. The summed E-state index contributed by atoms with van der Waals surface area (Å²) in [6.45, 7) is 3.29. The summed E-state index contributed by atoms with van der Waals surface area (Å²) >= 11 is 0. The van der Waals surface area contributed by atoms with Gasteiger partial charge in [-0.25, -0.2) is 0 Å². The van der Waals surface area contributed by atoms with E-state index >= 15 is 0 Å². The van der Waals surface area contributed by atoms with E-state index in [-0.39, 0.29) is 11.9 Å². The fraction of sp³-hybridized carbons (Fsp3) is 0.250. The fourth-order valence-electron chi connectivity index (χ4n) is 3.44. The second kappa shape index (κ2) is 9.36. The predicted octanol–water partition coefficient (Wildman–Crippen LogP) is 4.94. The lowest BCUT2D eigenvalue weighted by molar-refractivity contribution is 0.0927. The Kier molecular flexibility index (Phi) is 6.64. The monoisotopic (exact) mass is 361 g/mol. The number of ether oxygens (including phenoxy) is 1. The Morgan fingerprint density at radius 1 is 1.07 bits per heavy atom. The predicted molar refractivity (Wildman–Crippen MR) is 112 cm³/mol. The van der Waals surface area contributed by atoms with Crippen LogP contribution in [0.2, 0.25) is 0 Å². The normalized spacial score (nSPS) is 17.4. The number of rotatable bonds is 7. The molecule has 140 valence electrons. The molecule has 0 amide bonds. The lowest BCUT2D eigenvalue weighted by Gasteiger charge is -2.21. The molecular weight excluding hydrogens is 334 g/mol. The van der Waals surface area contributed by atoms with Crippen LogP contribution < -0.4 is 5.73 Å². The number of benzene rings is 2. The number of nitrogens with two attached hydrogens (primary N) is 1. The highest BCUT2D eigenvalue weighted by molar-refractivity contribution is 5.99. The van der Waals surface area contributed by atoms with Crippen molar-refractivity contribution in [2.45, 2.75) is 25.9 Å². The molecule has 0 aliphatic heterocycles. The summed E-state index contributed by atoms with van der Waals surface area (Å²) in [6.07, 6.45) is 8.33. The van der Waals surface area contributed by atoms with Crippen molar-refractivity contribution in [2.75, 3.05) is 13.2 Å². The summed E-state index contributed by atoms with van der Waals surface area (Å²) in [4.78, 5) is 0. The van der Waals surface area contributed by atoms with Crippen LogP contribution >= 0.6 is 0 Å². The van der Waals surface area contributed by atoms with Gasteiger partial charge in [0, 0.05) is 6.54 Å². The van der Waals surface area contributed by atoms with Crippen molar-refractivity contribution in [1.82, 2.24) is 0 Å². The minimum absolute atomic E-state index is 0.0835. The molecule has 0 aromatic heterocycles. The third-order valence-corrected chi connectivity index (χ3v) is 4.73. The van der Waals surface area contributed by atoms with E-state index in [0.717, 1.165) is 18.4 Å². The molecule has 2 aromatic carbocycles. The number of aromatic hydroxyl groups is 1. The molecule has 0 saturated heterocycles. The highest BCUT2D eigenvalue weighted by atomic mass is 16.5. The molecule has 0 heterocycles. The second-order valence-corrected chi connectivity index (χ2v) is 6.57. The summed E-state index contributed by atoms with van der Waals surface area (Å²) in [5.41, 5.74) is 11.5. The van der Waals surface area contributed by atoms with E-state index in [2.05, 4.69) is 49.4 Å². The maximum Gasteiger partial charge on any atom is 0.115 e. The summed E-state index contributed by atoms with van der Waals surface area (Å²) in [6, 6.07) is 17.9. The lowest BCUT2D eigenvalue weighted by atomic mass is 9.85. The van der Waals surface area contributed by atoms with E-state index in [1.54, 1.807) is 12.1 Å². The first-order valence-corrected chi connectivity index (χ1v) is 9.51. The molecule has 0 fully saturated rings. The van der Waals surface area contributed by atoms with Gasteiger partial charge in [-0.3, -0.25) is 0 Å². The zero-order chi connectivity index (χ0) is 19.1. The van der Waals surface area contributed by atoms with Crippen molar-refractivity contribution in [3.05, 3.63) is 89.5 Å². The van der Waals surface area contributed by atoms with Gasteiger partial charge in [0.2, 0.25) is 0 Å². The molecule has 1 atom stereocenters. The smallest absolute Gasteiger partial charge is 0.115 e. The van der Waals surface area contributed by atoms with E-state index in [4.69, 9.17) is 10.5 Å². The Hall–Kier alpha value is -2.62. The summed E-state index contributed by atoms with van der Waals surface area (Å²) in [7, 11) is 0. The zero-order valence-corrected chi connectivity index (χ0v) is 15.8. The molecule has 3 N–H and O–H groups in total. The van der Waals surface area contributed by atoms with E-state index in [0.29, 0.717) is 13.2 Å². The summed E-state index contributed by atoms with van der Waals surface area (Å²) < 4.78 is 5.75. The highest BCUT2D eigenvalue weighted by Crippen LogP contribution is 2.37. The Morgan fingerprint density at radius 2 is 1.81 bits per heavy atom. The van der Waals surface area contributed by atoms with E-state index < -0.39 is 0 Å². The van der Waals surface area contributed by atoms with E-state index in [9.17, 15) is 5.11 Å². The van der Waals surface area contributed by atoms with Crippen molar-refractivity contribution in [1.29, 1.82) is 0 Å². The maximum absolute atomic E-state index is 9.71. The Balaban J connectivity index is 2.04. The van der Waals surface area contributed by atoms with Crippen LogP contribution in [0.3, 0.4) is 0 Å². The average Bonchev–Trinajstić information content (AvgIpc) is 2.72. The molecule has 3 heteroatoms. The van der Waals surface area contributed by atoms with Gasteiger partial charge >= 0.3 is 0 Å². The topological polar surface area (TPSA) is 55.5 Å². The first-order chi connectivity index (χ1) is 13.2. The number of hydrogen-bond acceptors (Lipinski definition) is 3. The molecule has 0 radical (unpaired) electrons. The zero-order valence-electron chi connectivity index (χ0n) is 15.8. The van der Waals surface area contributed by atoms with Crippen molar-refractivity contribution in [3.63, 3.8) is 0 Å². The van der Waals surface area contributed by atoms with Crippen LogP contribution in [0.25, 0.3) is 11.1 Å². The molecule has 1 unspecified atom stereocenters. The Labute approximate surface area is 161 Å². The van der Waals surface area contributed by atoms with Crippen LogP contribution in [-0.2, 0) is 4.74 Å². The van der Waals surface area contributed by atoms with Gasteiger partial charge in [0.05, 0.1) is 12.7 Å². The van der Waals surface area contributed by atoms with Crippen LogP contribution in [0.15, 0.2) is 78.4 Å². The van der Waals surface area contributed by atoms with Gasteiger partial charge in [-0.1, -0.05) is 67.6 Å². The molecule has 27 heavy (non-hydrogen) atoms. The number of allylic oxidation sites excluding steroid dienone is 4. The van der Waals surface area contributed by atoms with Gasteiger partial charge in [-0.2, -0.15) is 0 Å². The highest BCUT2D eigenvalue weighted by Gasteiger charge is 2.17. The Bertz CT molecular complexity index is 832. The van der Waals surface area contributed by atoms with Crippen LogP contribution in [0, 0.1) is 0 Å². The van der Waals surface area contributed by atoms with Gasteiger partial charge in [0.1, 0.15) is 5.75 Å². The number of phenols is 1. The largest absolute Gasteiger partial charge is 0.508 e. The number of hydrogen-bond donors (Lipinski definition) is 2. The lowest BCUT2D eigenvalue weighted by Crippen LogP contribution is -2.17. The van der Waals surface area contributed by atoms with Crippen LogP contribution in [0.5, 0.6) is 5.75 Å². The molecule has 1 aliphatic rings. The van der Waals surface area contributed by atoms with Crippen molar-refractivity contribution in [3.8, 4) is 5.75 Å². The van der Waals surface area contributed by atoms with E-state index in [1.165, 1.54) is 22.3 Å². The Morgan fingerprint density at radius 3 is 2.41 bits per heavy atom. The van der Waals surface area contributed by atoms with Crippen LogP contribution in [0.1, 0.15) is 30.9 Å². The van der Waals surface area contributed by atoms with Crippen molar-refractivity contribution < 1.29 is 9.84 Å². The van der Waals surface area contributed by atoms with Crippen molar-refractivity contribution >= 4 is 11.1 Å². The van der Waals surface area contributed by atoms with Gasteiger partial charge < -0.3 is 15.6 Å². The SMILES string of the molecule is CC/C(=C(/C1=CCC(OCCN)C=C1)c1ccc(O)cc1)c1ccccc1. The first-order valence-electron chi connectivity index (χ1n) is 9.51. The van der Waals surface area contributed by atoms with Gasteiger partial charge in [0.25, 0.3) is 0 Å². The first kappa shape index (κ1) is 19.2. The minimum Gasteiger partial charge on any atom is -0.508 e. The van der Waals surface area contributed by atoms with Gasteiger partial charge in [-0.15, -0.1) is 0 Å². The van der Waals surface area contributed by atoms with Gasteiger partial charge in [-0.05, 0) is 52.8 Å². The molecule has 3 nitrogen and oxygen atoms in total. The van der Waals surface area contributed by atoms with Crippen LogP contribution in [0.4, 0.5) is 0 Å². The van der Waals surface area contributed by atoms with E-state index in [1.807, 2.05) is 18.2 Å². The molecule has 0 saturated carbocycles. The van der Waals surface area contributed by atoms with Crippen LogP contribution in [-0.4, -0.2) is 24.4 Å². The maximum atomic E-state index is 9.71. The molecule has 0 spiro atoms. The average molecular weight is 361 g/mol. The molecule has 1 aliphatic carbocycles. The van der Waals surface area contributed by atoms with Gasteiger partial charge in [0.15, 0.2) is 0 Å². The summed E-state index contributed by atoms with van der Waals surface area (Å²) in [5.74, 6) is 0.277. The van der Waals surface area contributed by atoms with Crippen molar-refractivity contribution in [2.24, 2.45) is 5.73 Å². The minimum atomic E-state index is 0.0835. The third kappa shape index (κ3) is 4.76. The fourth-order valence-corrected chi connectivity index (χ4v) is 3.44. The molecule has 2 aromatic rings. The molecular formula is C24H27NO2. The quantitative estimate of drug-likeness (QED) is 0.687.